The quantitative estimate of drug-likeness (QED) is 0.270. The van der Waals surface area contributed by atoms with Crippen LogP contribution in [0.5, 0.6) is 0 Å². The third kappa shape index (κ3) is 8.99. The van der Waals surface area contributed by atoms with Crippen LogP contribution in [-0.4, -0.2) is 37.0 Å². The summed E-state index contributed by atoms with van der Waals surface area (Å²) in [5.41, 5.74) is 3.87. The first-order valence-electron chi connectivity index (χ1n) is 12.7. The van der Waals surface area contributed by atoms with E-state index in [1.807, 2.05) is 45.0 Å². The average molecular weight is 531 g/mol. The van der Waals surface area contributed by atoms with Crippen LogP contribution in [0.15, 0.2) is 72.8 Å². The summed E-state index contributed by atoms with van der Waals surface area (Å²) in [5.74, 6) is -0.942. The molecule has 3 rings (SSSR count). The molecule has 4 amide bonds. The van der Waals surface area contributed by atoms with Gasteiger partial charge in [-0.05, 0) is 72.9 Å². The fraction of sp³-hybridized carbons (Fsp3) is 0.267. The Labute approximate surface area is 228 Å². The molecule has 0 spiro atoms. The normalized spacial score (nSPS) is 11.3. The lowest BCUT2D eigenvalue weighted by atomic mass is 10.0. The van der Waals surface area contributed by atoms with Crippen LogP contribution < -0.4 is 21.3 Å². The van der Waals surface area contributed by atoms with Gasteiger partial charge in [-0.2, -0.15) is 0 Å². The first kappa shape index (κ1) is 28.9. The summed E-state index contributed by atoms with van der Waals surface area (Å²) in [7, 11) is 1.30. The maximum absolute atomic E-state index is 12.9. The first-order chi connectivity index (χ1) is 18.6. The number of para-hydroxylation sites is 1. The molecule has 0 aliphatic carbocycles. The summed E-state index contributed by atoms with van der Waals surface area (Å²) in [5, 5.41) is 11.2. The maximum atomic E-state index is 12.9. The van der Waals surface area contributed by atoms with Gasteiger partial charge in [0.05, 0.1) is 19.1 Å². The van der Waals surface area contributed by atoms with Crippen LogP contribution >= 0.6 is 0 Å². The summed E-state index contributed by atoms with van der Waals surface area (Å²) in [6.07, 6.45) is 0.530. The van der Waals surface area contributed by atoms with Crippen LogP contribution in [0.2, 0.25) is 0 Å². The van der Waals surface area contributed by atoms with E-state index >= 15 is 0 Å². The molecule has 1 unspecified atom stereocenters. The fourth-order valence-corrected chi connectivity index (χ4v) is 3.87. The third-order valence-corrected chi connectivity index (χ3v) is 5.90. The predicted octanol–water partition coefficient (Wildman–Crippen LogP) is 5.14. The molecule has 0 aliphatic rings. The summed E-state index contributed by atoms with van der Waals surface area (Å²) < 4.78 is 4.69. The smallest absolute Gasteiger partial charge is 0.337 e. The molecule has 3 aromatic carbocycles. The molecule has 0 aliphatic heterocycles. The van der Waals surface area contributed by atoms with Crippen LogP contribution in [0.4, 0.5) is 21.9 Å². The molecule has 1 atom stereocenters. The van der Waals surface area contributed by atoms with E-state index in [9.17, 15) is 19.2 Å². The van der Waals surface area contributed by atoms with Crippen LogP contribution in [-0.2, 0) is 20.7 Å². The zero-order valence-corrected chi connectivity index (χ0v) is 22.5. The standard InChI is InChI=1S/C30H34N4O5/c1-19(2)17-26(28(36)31-23-15-11-22(12-16-23)29(37)39-4)33-27(35)18-21-9-13-24(14-10-21)32-30(38)34-25-8-6-5-7-20(25)3/h5-16,19,26H,17-18H2,1-4H3,(H,31,36)(H,33,35)(H2,32,34,38). The number of rotatable bonds is 10. The van der Waals surface area contributed by atoms with Gasteiger partial charge in [0.25, 0.3) is 0 Å². The van der Waals surface area contributed by atoms with Crippen molar-refractivity contribution >= 4 is 40.9 Å². The summed E-state index contributed by atoms with van der Waals surface area (Å²) in [6.45, 7) is 5.85. The van der Waals surface area contributed by atoms with Gasteiger partial charge in [-0.25, -0.2) is 9.59 Å². The van der Waals surface area contributed by atoms with Gasteiger partial charge in [0.1, 0.15) is 6.04 Å². The second-order valence-electron chi connectivity index (χ2n) is 9.58. The van der Waals surface area contributed by atoms with Gasteiger partial charge >= 0.3 is 12.0 Å². The van der Waals surface area contributed by atoms with Crippen molar-refractivity contribution in [3.05, 3.63) is 89.5 Å². The highest BCUT2D eigenvalue weighted by Gasteiger charge is 2.22. The van der Waals surface area contributed by atoms with Crippen molar-refractivity contribution in [3.8, 4) is 0 Å². The Bertz CT molecular complexity index is 1300. The Balaban J connectivity index is 1.55. The Hall–Kier alpha value is -4.66. The van der Waals surface area contributed by atoms with Gasteiger partial charge in [-0.1, -0.05) is 44.2 Å². The molecule has 9 heteroatoms. The van der Waals surface area contributed by atoms with E-state index in [1.165, 1.54) is 7.11 Å². The number of esters is 1. The number of ether oxygens (including phenoxy) is 1. The van der Waals surface area contributed by atoms with Gasteiger partial charge in [0, 0.05) is 17.1 Å². The Morgan fingerprint density at radius 1 is 0.795 bits per heavy atom. The van der Waals surface area contributed by atoms with E-state index in [4.69, 9.17) is 0 Å². The summed E-state index contributed by atoms with van der Waals surface area (Å²) >= 11 is 0. The van der Waals surface area contributed by atoms with Crippen molar-refractivity contribution in [2.24, 2.45) is 5.92 Å². The number of carbonyl (C=O) groups is 4. The highest BCUT2D eigenvalue weighted by molar-refractivity contribution is 6.00. The predicted molar refractivity (Wildman–Crippen MR) is 152 cm³/mol. The largest absolute Gasteiger partial charge is 0.465 e. The second kappa shape index (κ2) is 13.8. The van der Waals surface area contributed by atoms with Crippen LogP contribution in [0, 0.1) is 12.8 Å². The molecule has 0 heterocycles. The highest BCUT2D eigenvalue weighted by Crippen LogP contribution is 2.16. The van der Waals surface area contributed by atoms with Crippen molar-refractivity contribution in [1.82, 2.24) is 5.32 Å². The highest BCUT2D eigenvalue weighted by atomic mass is 16.5. The van der Waals surface area contributed by atoms with Gasteiger partial charge in [-0.15, -0.1) is 0 Å². The molecule has 4 N–H and O–H groups in total. The van der Waals surface area contributed by atoms with Gasteiger partial charge in [-0.3, -0.25) is 9.59 Å². The number of hydrogen-bond donors (Lipinski definition) is 4. The molecule has 39 heavy (non-hydrogen) atoms. The van der Waals surface area contributed by atoms with Gasteiger partial charge < -0.3 is 26.0 Å². The monoisotopic (exact) mass is 530 g/mol. The SMILES string of the molecule is COC(=O)c1ccc(NC(=O)C(CC(C)C)NC(=O)Cc2ccc(NC(=O)Nc3ccccc3C)cc2)cc1. The van der Waals surface area contributed by atoms with Crippen LogP contribution in [0.1, 0.15) is 41.8 Å². The fourth-order valence-electron chi connectivity index (χ4n) is 3.87. The number of hydrogen-bond acceptors (Lipinski definition) is 5. The second-order valence-corrected chi connectivity index (χ2v) is 9.58. The lowest BCUT2D eigenvalue weighted by Crippen LogP contribution is -2.45. The number of amides is 4. The van der Waals surface area contributed by atoms with Crippen molar-refractivity contribution in [2.45, 2.75) is 39.7 Å². The Morgan fingerprint density at radius 3 is 2.03 bits per heavy atom. The van der Waals surface area contributed by atoms with E-state index in [0.717, 1.165) is 16.8 Å². The molecular formula is C30H34N4O5. The van der Waals surface area contributed by atoms with E-state index in [2.05, 4.69) is 26.0 Å². The minimum atomic E-state index is -0.733. The maximum Gasteiger partial charge on any atom is 0.337 e. The Morgan fingerprint density at radius 2 is 1.41 bits per heavy atom. The van der Waals surface area contributed by atoms with E-state index in [0.29, 0.717) is 23.4 Å². The van der Waals surface area contributed by atoms with Crippen molar-refractivity contribution in [2.75, 3.05) is 23.1 Å². The van der Waals surface area contributed by atoms with E-state index < -0.39 is 12.0 Å². The minimum Gasteiger partial charge on any atom is -0.465 e. The molecular weight excluding hydrogens is 496 g/mol. The summed E-state index contributed by atoms with van der Waals surface area (Å²) in [6, 6.07) is 19.7. The molecule has 0 bridgehead atoms. The average Bonchev–Trinajstić information content (AvgIpc) is 2.90. The molecule has 0 fully saturated rings. The third-order valence-electron chi connectivity index (χ3n) is 5.90. The number of nitrogens with one attached hydrogen (secondary N) is 4. The zero-order chi connectivity index (χ0) is 28.4. The number of anilines is 3. The molecule has 3 aromatic rings. The lowest BCUT2D eigenvalue weighted by Gasteiger charge is -2.20. The van der Waals surface area contributed by atoms with Crippen molar-refractivity contribution in [1.29, 1.82) is 0 Å². The number of methoxy groups -OCH3 is 1. The number of carbonyl (C=O) groups excluding carboxylic acids is 4. The van der Waals surface area contributed by atoms with Crippen LogP contribution in [0.25, 0.3) is 0 Å². The van der Waals surface area contributed by atoms with E-state index in [-0.39, 0.29) is 30.2 Å². The van der Waals surface area contributed by atoms with Crippen LogP contribution in [0.3, 0.4) is 0 Å². The zero-order valence-electron chi connectivity index (χ0n) is 22.5. The molecule has 0 radical (unpaired) electrons. The van der Waals surface area contributed by atoms with E-state index in [1.54, 1.807) is 48.5 Å². The molecule has 0 saturated heterocycles. The van der Waals surface area contributed by atoms with Gasteiger partial charge in [0.15, 0.2) is 0 Å². The number of benzene rings is 3. The van der Waals surface area contributed by atoms with Gasteiger partial charge in [0.2, 0.25) is 11.8 Å². The molecule has 9 nitrogen and oxygen atoms in total. The van der Waals surface area contributed by atoms with Crippen molar-refractivity contribution in [3.63, 3.8) is 0 Å². The lowest BCUT2D eigenvalue weighted by molar-refractivity contribution is -0.126. The molecule has 204 valence electrons. The van der Waals surface area contributed by atoms with Crippen molar-refractivity contribution < 1.29 is 23.9 Å². The topological polar surface area (TPSA) is 126 Å². The molecule has 0 aromatic heterocycles. The summed E-state index contributed by atoms with van der Waals surface area (Å²) in [4.78, 5) is 49.7. The Kier molecular flexibility index (Phi) is 10.2. The number of urea groups is 1. The minimum absolute atomic E-state index is 0.0748. The molecule has 0 saturated carbocycles. The number of aryl methyl sites for hydroxylation is 1. The first-order valence-corrected chi connectivity index (χ1v) is 12.7.